The lowest BCUT2D eigenvalue weighted by molar-refractivity contribution is 0.342. The van der Waals surface area contributed by atoms with Gasteiger partial charge < -0.3 is 14.2 Å². The summed E-state index contributed by atoms with van der Waals surface area (Å²) in [6.45, 7) is 7.89. The maximum atomic E-state index is 6.43. The van der Waals surface area contributed by atoms with Crippen LogP contribution in [0.1, 0.15) is 20.8 Å². The van der Waals surface area contributed by atoms with E-state index in [1.54, 1.807) is 0 Å². The van der Waals surface area contributed by atoms with Gasteiger partial charge in [-0.15, -0.1) is 0 Å². The minimum atomic E-state index is -1.22. The lowest BCUT2D eigenvalue weighted by Gasteiger charge is -2.29. The van der Waals surface area contributed by atoms with E-state index in [1.807, 2.05) is 20.8 Å². The number of ether oxygens (including phenoxy) is 3. The summed E-state index contributed by atoms with van der Waals surface area (Å²) in [5, 5.41) is 10.7. The number of hydrogen-bond donors (Lipinski definition) is 0. The van der Waals surface area contributed by atoms with Gasteiger partial charge in [0.15, 0.2) is 0 Å². The van der Waals surface area contributed by atoms with Gasteiger partial charge in [-0.05, 0) is 71.3 Å². The Morgan fingerprint density at radius 1 is 0.400 bits per heavy atom. The van der Waals surface area contributed by atoms with Gasteiger partial charge in [-0.25, -0.2) is 0 Å². The molecule has 0 aliphatic heterocycles. The minimum Gasteiger partial charge on any atom is -0.493 e. The first-order valence-electron chi connectivity index (χ1n) is 14.0. The third kappa shape index (κ3) is 4.65. The predicted molar refractivity (Wildman–Crippen MR) is 171 cm³/mol. The van der Waals surface area contributed by atoms with Crippen molar-refractivity contribution < 1.29 is 14.2 Å². The lowest BCUT2D eigenvalue weighted by Crippen LogP contribution is -2.27. The van der Waals surface area contributed by atoms with Crippen molar-refractivity contribution in [3.05, 3.63) is 109 Å². The first-order chi connectivity index (χ1) is 19.7. The molecular formula is C36H33O3P. The van der Waals surface area contributed by atoms with Crippen LogP contribution in [-0.4, -0.2) is 19.8 Å². The van der Waals surface area contributed by atoms with Crippen LogP contribution in [0.15, 0.2) is 109 Å². The smallest absolute Gasteiger partial charge is 0.128 e. The van der Waals surface area contributed by atoms with Crippen LogP contribution in [0.5, 0.6) is 17.2 Å². The van der Waals surface area contributed by atoms with Gasteiger partial charge in [0.1, 0.15) is 17.2 Å². The Kier molecular flexibility index (Phi) is 7.58. The fraction of sp³-hybridized carbons (Fsp3) is 0.167. The summed E-state index contributed by atoms with van der Waals surface area (Å²) < 4.78 is 19.3. The van der Waals surface area contributed by atoms with Crippen LogP contribution in [0.4, 0.5) is 0 Å². The predicted octanol–water partition coefficient (Wildman–Crippen LogP) is 8.10. The van der Waals surface area contributed by atoms with Crippen molar-refractivity contribution in [2.24, 2.45) is 0 Å². The maximum Gasteiger partial charge on any atom is 0.128 e. The molecule has 4 heteroatoms. The summed E-state index contributed by atoms with van der Waals surface area (Å²) in [4.78, 5) is 0. The zero-order chi connectivity index (χ0) is 27.5. The van der Waals surface area contributed by atoms with E-state index in [1.165, 1.54) is 48.2 Å². The fourth-order valence-corrected chi connectivity index (χ4v) is 8.63. The Balaban J connectivity index is 1.85. The van der Waals surface area contributed by atoms with Crippen LogP contribution >= 0.6 is 7.92 Å². The molecule has 200 valence electrons. The second-order valence-electron chi connectivity index (χ2n) is 9.53. The molecule has 0 bridgehead atoms. The molecule has 6 rings (SSSR count). The van der Waals surface area contributed by atoms with E-state index in [-0.39, 0.29) is 0 Å². The molecule has 3 nitrogen and oxygen atoms in total. The molecule has 0 aliphatic rings. The molecule has 0 spiro atoms. The number of fused-ring (bicyclic) bond motifs is 3. The third-order valence-electron chi connectivity index (χ3n) is 7.16. The number of hydrogen-bond acceptors (Lipinski definition) is 3. The second-order valence-corrected chi connectivity index (χ2v) is 11.5. The van der Waals surface area contributed by atoms with Crippen molar-refractivity contribution in [3.8, 4) is 17.2 Å². The normalized spacial score (nSPS) is 11.4. The van der Waals surface area contributed by atoms with Gasteiger partial charge in [0, 0.05) is 23.8 Å². The monoisotopic (exact) mass is 544 g/mol. The van der Waals surface area contributed by atoms with Crippen molar-refractivity contribution in [1.82, 2.24) is 0 Å². The molecule has 6 aromatic carbocycles. The van der Waals surface area contributed by atoms with Gasteiger partial charge in [0.2, 0.25) is 0 Å². The van der Waals surface area contributed by atoms with Crippen molar-refractivity contribution in [3.63, 3.8) is 0 Å². The van der Waals surface area contributed by atoms with Crippen molar-refractivity contribution >= 4 is 56.2 Å². The van der Waals surface area contributed by atoms with Crippen LogP contribution in [-0.2, 0) is 0 Å². The highest BCUT2D eigenvalue weighted by Crippen LogP contribution is 2.48. The minimum absolute atomic E-state index is 0.580. The molecular weight excluding hydrogens is 511 g/mol. The van der Waals surface area contributed by atoms with E-state index < -0.39 is 7.92 Å². The molecule has 0 saturated carbocycles. The highest BCUT2D eigenvalue weighted by atomic mass is 31.1. The number of benzene rings is 6. The standard InChI is InChI=1S/C36H33O3P/c1-4-37-31-22-19-25-13-7-10-16-28(25)34(31)40(35-29-17-11-8-14-26(29)20-23-32(35)38-5-2)36-30-18-12-9-15-27(30)21-24-33(36)39-6-3/h7-24H,4-6H2,1-3H3. The summed E-state index contributed by atoms with van der Waals surface area (Å²) in [7, 11) is -1.22. The molecule has 0 radical (unpaired) electrons. The summed E-state index contributed by atoms with van der Waals surface area (Å²) in [5.74, 6) is 2.70. The Bertz CT molecular complexity index is 1600. The van der Waals surface area contributed by atoms with Gasteiger partial charge >= 0.3 is 0 Å². The molecule has 0 aliphatic carbocycles. The zero-order valence-electron chi connectivity index (χ0n) is 23.2. The Morgan fingerprint density at radius 3 is 1.00 bits per heavy atom. The quantitative estimate of drug-likeness (QED) is 0.172. The van der Waals surface area contributed by atoms with Gasteiger partial charge in [0.25, 0.3) is 0 Å². The summed E-state index contributed by atoms with van der Waals surface area (Å²) in [6.07, 6.45) is 0. The van der Waals surface area contributed by atoms with E-state index in [0.717, 1.165) is 17.2 Å². The molecule has 0 unspecified atom stereocenters. The molecule has 6 aromatic rings. The van der Waals surface area contributed by atoms with E-state index >= 15 is 0 Å². The topological polar surface area (TPSA) is 27.7 Å². The highest BCUT2D eigenvalue weighted by molar-refractivity contribution is 7.81. The Labute approximate surface area is 237 Å². The van der Waals surface area contributed by atoms with E-state index in [2.05, 4.69) is 109 Å². The highest BCUT2D eigenvalue weighted by Gasteiger charge is 2.31. The average molecular weight is 545 g/mol. The van der Waals surface area contributed by atoms with Gasteiger partial charge in [-0.3, -0.25) is 0 Å². The largest absolute Gasteiger partial charge is 0.493 e. The first kappa shape index (κ1) is 26.2. The van der Waals surface area contributed by atoms with Crippen molar-refractivity contribution in [2.75, 3.05) is 19.8 Å². The molecule has 0 heterocycles. The van der Waals surface area contributed by atoms with E-state index in [0.29, 0.717) is 19.8 Å². The molecule has 40 heavy (non-hydrogen) atoms. The zero-order valence-corrected chi connectivity index (χ0v) is 24.1. The average Bonchev–Trinajstić information content (AvgIpc) is 2.99. The Morgan fingerprint density at radius 2 is 0.700 bits per heavy atom. The van der Waals surface area contributed by atoms with Crippen LogP contribution in [0, 0.1) is 0 Å². The lowest BCUT2D eigenvalue weighted by atomic mass is 10.1. The van der Waals surface area contributed by atoms with E-state index in [9.17, 15) is 0 Å². The summed E-state index contributed by atoms with van der Waals surface area (Å²) >= 11 is 0. The van der Waals surface area contributed by atoms with Crippen LogP contribution in [0.3, 0.4) is 0 Å². The van der Waals surface area contributed by atoms with Crippen LogP contribution in [0.25, 0.3) is 32.3 Å². The molecule has 0 atom stereocenters. The second kappa shape index (κ2) is 11.6. The van der Waals surface area contributed by atoms with Gasteiger partial charge in [0.05, 0.1) is 19.8 Å². The summed E-state index contributed by atoms with van der Waals surface area (Å²) in [6, 6.07) is 38.8. The number of rotatable bonds is 9. The summed E-state index contributed by atoms with van der Waals surface area (Å²) in [5.41, 5.74) is 0. The third-order valence-corrected chi connectivity index (χ3v) is 9.89. The maximum absolute atomic E-state index is 6.43. The van der Waals surface area contributed by atoms with Crippen LogP contribution < -0.4 is 30.1 Å². The first-order valence-corrected chi connectivity index (χ1v) is 15.3. The SMILES string of the molecule is CCOc1ccc2ccccc2c1P(c1c(OCC)ccc2ccccc12)c1c(OCC)ccc2ccccc12. The van der Waals surface area contributed by atoms with Gasteiger partial charge in [-0.1, -0.05) is 91.0 Å². The van der Waals surface area contributed by atoms with Crippen LogP contribution in [0.2, 0.25) is 0 Å². The fourth-order valence-electron chi connectivity index (χ4n) is 5.55. The molecule has 0 amide bonds. The molecule has 0 fully saturated rings. The van der Waals surface area contributed by atoms with Gasteiger partial charge in [-0.2, -0.15) is 0 Å². The molecule has 0 saturated heterocycles. The van der Waals surface area contributed by atoms with Crippen molar-refractivity contribution in [2.45, 2.75) is 20.8 Å². The van der Waals surface area contributed by atoms with E-state index in [4.69, 9.17) is 14.2 Å². The molecule has 0 N–H and O–H groups in total. The molecule has 0 aromatic heterocycles. The van der Waals surface area contributed by atoms with Crippen molar-refractivity contribution in [1.29, 1.82) is 0 Å². The Hall–Kier alpha value is -4.07.